The molecule has 140 valence electrons. The summed E-state index contributed by atoms with van der Waals surface area (Å²) < 4.78 is 27.3. The third-order valence-corrected chi connectivity index (χ3v) is 5.98. The van der Waals surface area contributed by atoms with Crippen LogP contribution >= 0.6 is 23.2 Å². The zero-order valence-electron chi connectivity index (χ0n) is 14.6. The molecule has 0 heterocycles. The largest absolute Gasteiger partial charge is 0.322 e. The predicted molar refractivity (Wildman–Crippen MR) is 106 cm³/mol. The molecule has 0 atom stereocenters. The fourth-order valence-corrected chi connectivity index (χ4v) is 4.46. The lowest BCUT2D eigenvalue weighted by Crippen LogP contribution is -2.30. The Morgan fingerprint density at radius 2 is 1.81 bits per heavy atom. The molecule has 2 N–H and O–H groups in total. The van der Waals surface area contributed by atoms with Gasteiger partial charge in [0.2, 0.25) is 10.0 Å². The molecule has 0 aliphatic rings. The first-order valence-corrected chi connectivity index (χ1v) is 10.3. The second-order valence-corrected chi connectivity index (χ2v) is 8.54. The van der Waals surface area contributed by atoms with Crippen LogP contribution in [-0.2, 0) is 16.4 Å². The summed E-state index contributed by atoms with van der Waals surface area (Å²) in [6.45, 7) is 5.39. The molecule has 0 bridgehead atoms. The molecule has 0 aliphatic heterocycles. The maximum absolute atomic E-state index is 12.6. The van der Waals surface area contributed by atoms with Gasteiger partial charge in [-0.2, -0.15) is 0 Å². The number of rotatable bonds is 6. The van der Waals surface area contributed by atoms with Gasteiger partial charge >= 0.3 is 0 Å². The van der Waals surface area contributed by atoms with Gasteiger partial charge in [-0.25, -0.2) is 13.1 Å². The number of nitrogens with one attached hydrogen (secondary N) is 2. The van der Waals surface area contributed by atoms with Crippen LogP contribution in [0.5, 0.6) is 0 Å². The van der Waals surface area contributed by atoms with E-state index in [1.165, 1.54) is 12.1 Å². The summed E-state index contributed by atoms with van der Waals surface area (Å²) >= 11 is 12.2. The fourth-order valence-electron chi connectivity index (χ4n) is 2.35. The van der Waals surface area contributed by atoms with Crippen LogP contribution in [0, 0.1) is 0 Å². The van der Waals surface area contributed by atoms with Crippen molar-refractivity contribution in [1.82, 2.24) is 4.72 Å². The molecule has 0 saturated carbocycles. The molecule has 8 heteroatoms. The van der Waals surface area contributed by atoms with E-state index in [0.29, 0.717) is 5.69 Å². The first kappa shape index (κ1) is 20.7. The number of hydrogen-bond acceptors (Lipinski definition) is 3. The van der Waals surface area contributed by atoms with E-state index in [4.69, 9.17) is 23.2 Å². The van der Waals surface area contributed by atoms with Crippen molar-refractivity contribution in [1.29, 1.82) is 0 Å². The van der Waals surface area contributed by atoms with E-state index < -0.39 is 15.9 Å². The molecule has 0 aromatic heterocycles. The number of anilines is 1. The molecule has 0 fully saturated rings. The minimum Gasteiger partial charge on any atom is -0.322 e. The summed E-state index contributed by atoms with van der Waals surface area (Å²) in [4.78, 5) is 12.4. The second kappa shape index (κ2) is 8.39. The lowest BCUT2D eigenvalue weighted by molar-refractivity contribution is 0.102. The first-order valence-electron chi connectivity index (χ1n) is 8.05. The van der Waals surface area contributed by atoms with Crippen LogP contribution in [0.3, 0.4) is 0 Å². The van der Waals surface area contributed by atoms with E-state index in [1.54, 1.807) is 19.9 Å². The number of benzene rings is 2. The Morgan fingerprint density at radius 1 is 1.12 bits per heavy atom. The van der Waals surface area contributed by atoms with E-state index in [-0.39, 0.29) is 26.5 Å². The summed E-state index contributed by atoms with van der Waals surface area (Å²) in [6, 6.07) is 9.51. The van der Waals surface area contributed by atoms with Crippen LogP contribution in [0.25, 0.3) is 0 Å². The van der Waals surface area contributed by atoms with Crippen LogP contribution in [0.2, 0.25) is 10.0 Å². The highest BCUT2D eigenvalue weighted by molar-refractivity contribution is 7.89. The van der Waals surface area contributed by atoms with Crippen molar-refractivity contribution >= 4 is 44.8 Å². The Kier molecular flexibility index (Phi) is 6.69. The third-order valence-electron chi connectivity index (χ3n) is 3.54. The molecule has 26 heavy (non-hydrogen) atoms. The molecule has 2 aromatic rings. The summed E-state index contributed by atoms with van der Waals surface area (Å²) in [6.07, 6.45) is 0.828. The zero-order valence-corrected chi connectivity index (χ0v) is 17.0. The summed E-state index contributed by atoms with van der Waals surface area (Å²) in [5.74, 6) is -0.513. The molecule has 0 saturated heterocycles. The number of hydrogen-bond donors (Lipinski definition) is 2. The number of carbonyl (C=O) groups is 1. The lowest BCUT2D eigenvalue weighted by atomic mass is 10.1. The van der Waals surface area contributed by atoms with Crippen LogP contribution in [-0.4, -0.2) is 20.4 Å². The molecule has 0 unspecified atom stereocenters. The van der Waals surface area contributed by atoms with E-state index in [1.807, 2.05) is 25.1 Å². The van der Waals surface area contributed by atoms with Crippen molar-refractivity contribution in [2.75, 3.05) is 5.32 Å². The van der Waals surface area contributed by atoms with Crippen molar-refractivity contribution in [2.24, 2.45) is 0 Å². The summed E-state index contributed by atoms with van der Waals surface area (Å²) in [5, 5.41) is 2.75. The lowest BCUT2D eigenvalue weighted by Gasteiger charge is -2.14. The highest BCUT2D eigenvalue weighted by atomic mass is 35.5. The average molecular weight is 415 g/mol. The van der Waals surface area contributed by atoms with E-state index in [9.17, 15) is 13.2 Å². The van der Waals surface area contributed by atoms with Gasteiger partial charge in [0.05, 0.1) is 15.6 Å². The number of sulfonamides is 1. The Hall–Kier alpha value is -1.60. The van der Waals surface area contributed by atoms with Gasteiger partial charge < -0.3 is 5.32 Å². The monoisotopic (exact) mass is 414 g/mol. The van der Waals surface area contributed by atoms with Gasteiger partial charge in [0.15, 0.2) is 0 Å². The Labute approximate surface area is 163 Å². The van der Waals surface area contributed by atoms with Crippen molar-refractivity contribution in [3.05, 3.63) is 57.6 Å². The Morgan fingerprint density at radius 3 is 2.42 bits per heavy atom. The highest BCUT2D eigenvalue weighted by Gasteiger charge is 2.23. The van der Waals surface area contributed by atoms with E-state index in [0.717, 1.165) is 12.0 Å². The first-order chi connectivity index (χ1) is 12.1. The molecule has 1 amide bonds. The van der Waals surface area contributed by atoms with Gasteiger partial charge in [0, 0.05) is 11.7 Å². The molecule has 2 aromatic carbocycles. The van der Waals surface area contributed by atoms with Gasteiger partial charge in [-0.15, -0.1) is 0 Å². The fraction of sp³-hybridized carbons (Fsp3) is 0.278. The Balaban J connectivity index is 2.39. The van der Waals surface area contributed by atoms with Gasteiger partial charge in [-0.1, -0.05) is 42.3 Å². The highest BCUT2D eigenvalue weighted by Crippen LogP contribution is 2.29. The smallest absolute Gasteiger partial charge is 0.257 e. The number of carbonyl (C=O) groups excluding carboxylic acids is 1. The summed E-state index contributed by atoms with van der Waals surface area (Å²) in [5.41, 5.74) is 1.70. The van der Waals surface area contributed by atoms with Crippen LogP contribution in [0.1, 0.15) is 36.7 Å². The minimum atomic E-state index is -3.87. The normalized spacial score (nSPS) is 11.6. The minimum absolute atomic E-state index is 0.0297. The summed E-state index contributed by atoms with van der Waals surface area (Å²) in [7, 11) is -3.87. The molecule has 0 spiro atoms. The van der Waals surface area contributed by atoms with Crippen molar-refractivity contribution in [3.8, 4) is 0 Å². The zero-order chi connectivity index (χ0) is 19.5. The number of amides is 1. The molecular weight excluding hydrogens is 395 g/mol. The predicted octanol–water partition coefficient (Wildman–Crippen LogP) is 4.49. The average Bonchev–Trinajstić information content (AvgIpc) is 2.53. The molecule has 0 aliphatic carbocycles. The molecule has 5 nitrogen and oxygen atoms in total. The second-order valence-electron chi connectivity index (χ2n) is 6.05. The standard InChI is InChI=1S/C18H20Cl2N2O3S/c1-4-12-6-5-7-13(8-12)21-18(23)14-9-17(16(20)10-15(14)19)26(24,25)22-11(2)3/h5-11,22H,4H2,1-3H3,(H,21,23). The number of halogens is 2. The molecular formula is C18H20Cl2N2O3S. The molecule has 0 radical (unpaired) electrons. The Bertz CT molecular complexity index is 928. The van der Waals surface area contributed by atoms with Gasteiger partial charge in [0.25, 0.3) is 5.91 Å². The van der Waals surface area contributed by atoms with E-state index in [2.05, 4.69) is 10.0 Å². The van der Waals surface area contributed by atoms with Crippen LogP contribution in [0.15, 0.2) is 41.3 Å². The SMILES string of the molecule is CCc1cccc(NC(=O)c2cc(S(=O)(=O)NC(C)C)c(Cl)cc2Cl)c1. The molecule has 2 rings (SSSR count). The quantitative estimate of drug-likeness (QED) is 0.730. The van der Waals surface area contributed by atoms with Crippen molar-refractivity contribution in [2.45, 2.75) is 38.1 Å². The van der Waals surface area contributed by atoms with Gasteiger partial charge in [-0.3, -0.25) is 4.79 Å². The van der Waals surface area contributed by atoms with Gasteiger partial charge in [0.1, 0.15) is 4.90 Å². The maximum Gasteiger partial charge on any atom is 0.257 e. The van der Waals surface area contributed by atoms with E-state index >= 15 is 0 Å². The van der Waals surface area contributed by atoms with Crippen molar-refractivity contribution in [3.63, 3.8) is 0 Å². The maximum atomic E-state index is 12.6. The van der Waals surface area contributed by atoms with Crippen molar-refractivity contribution < 1.29 is 13.2 Å². The van der Waals surface area contributed by atoms with Crippen LogP contribution in [0.4, 0.5) is 5.69 Å². The van der Waals surface area contributed by atoms with Crippen LogP contribution < -0.4 is 10.0 Å². The number of aryl methyl sites for hydroxylation is 1. The van der Waals surface area contributed by atoms with Gasteiger partial charge in [-0.05, 0) is 50.1 Å². The third kappa shape index (κ3) is 4.98. The topological polar surface area (TPSA) is 75.3 Å².